The number of H-pyrrole nitrogens is 1. The number of piperidine rings is 1. The molecule has 0 spiro atoms. The Hall–Kier alpha value is -1.16. The Morgan fingerprint density at radius 1 is 1.43 bits per heavy atom. The molecule has 23 heavy (non-hydrogen) atoms. The zero-order valence-corrected chi connectivity index (χ0v) is 14.8. The minimum absolute atomic E-state index is 0. The summed E-state index contributed by atoms with van der Waals surface area (Å²) in [5, 5.41) is 9.02. The highest BCUT2D eigenvalue weighted by atomic mass is 35.5. The van der Waals surface area contributed by atoms with Crippen molar-refractivity contribution in [2.75, 3.05) is 26.2 Å². The number of nitrogens with one attached hydrogen (secondary N) is 3. The number of aromatic nitrogens is 2. The summed E-state index contributed by atoms with van der Waals surface area (Å²) in [5.41, 5.74) is -0.174. The molecule has 1 aliphatic rings. The summed E-state index contributed by atoms with van der Waals surface area (Å²) in [5.74, 6) is -0.704. The number of ether oxygens (including phenoxy) is 1. The van der Waals surface area contributed by atoms with Crippen LogP contribution in [0.1, 0.15) is 37.0 Å². The largest absolute Gasteiger partial charge is 0.462 e. The lowest BCUT2D eigenvalue weighted by Crippen LogP contribution is -2.43. The lowest BCUT2D eigenvalue weighted by atomic mass is 9.81. The molecular formula is C13H23ClN4O4S. The second kappa shape index (κ2) is 8.09. The monoisotopic (exact) mass is 366 g/mol. The number of carbonyl (C=O) groups is 1. The zero-order valence-electron chi connectivity index (χ0n) is 13.2. The molecule has 0 unspecified atom stereocenters. The van der Waals surface area contributed by atoms with Gasteiger partial charge in [-0.05, 0) is 38.3 Å². The summed E-state index contributed by atoms with van der Waals surface area (Å²) in [6, 6.07) is 0. The molecule has 0 amide bonds. The molecule has 8 nitrogen and oxygen atoms in total. The number of carbonyl (C=O) groups excluding carboxylic acids is 1. The van der Waals surface area contributed by atoms with Crippen molar-refractivity contribution in [3.8, 4) is 0 Å². The van der Waals surface area contributed by atoms with E-state index in [9.17, 15) is 13.2 Å². The molecule has 2 rings (SSSR count). The van der Waals surface area contributed by atoms with Gasteiger partial charge in [-0.1, -0.05) is 6.92 Å². The van der Waals surface area contributed by atoms with Gasteiger partial charge in [-0.3, -0.25) is 5.10 Å². The molecule has 1 fully saturated rings. The second-order valence-corrected chi connectivity index (χ2v) is 7.42. The van der Waals surface area contributed by atoms with Gasteiger partial charge in [0.25, 0.3) is 10.0 Å². The fraction of sp³-hybridized carbons (Fsp3) is 0.692. The summed E-state index contributed by atoms with van der Waals surface area (Å²) in [7, 11) is -3.84. The lowest BCUT2D eigenvalue weighted by Gasteiger charge is -2.33. The van der Waals surface area contributed by atoms with Crippen LogP contribution in [0.4, 0.5) is 0 Å². The Labute approximate surface area is 142 Å². The van der Waals surface area contributed by atoms with Gasteiger partial charge >= 0.3 is 5.97 Å². The first-order valence-electron chi connectivity index (χ1n) is 7.29. The molecular weight excluding hydrogens is 344 g/mol. The number of nitrogens with zero attached hydrogens (tertiary/aromatic N) is 1. The molecule has 1 aromatic heterocycles. The molecule has 1 aliphatic heterocycles. The highest BCUT2D eigenvalue weighted by Gasteiger charge is 2.31. The van der Waals surface area contributed by atoms with E-state index in [1.54, 1.807) is 6.92 Å². The molecule has 0 radical (unpaired) electrons. The van der Waals surface area contributed by atoms with Gasteiger partial charge in [0.15, 0.2) is 5.03 Å². The van der Waals surface area contributed by atoms with E-state index in [0.29, 0.717) is 6.54 Å². The highest BCUT2D eigenvalue weighted by molar-refractivity contribution is 7.89. The van der Waals surface area contributed by atoms with Crippen molar-refractivity contribution in [3.63, 3.8) is 0 Å². The zero-order chi connectivity index (χ0) is 16.2. The summed E-state index contributed by atoms with van der Waals surface area (Å²) in [6.07, 6.45) is 2.95. The van der Waals surface area contributed by atoms with Crippen LogP contribution in [0.15, 0.2) is 11.2 Å². The predicted molar refractivity (Wildman–Crippen MR) is 87.2 cm³/mol. The normalized spacial score (nSPS) is 17.3. The third kappa shape index (κ3) is 4.90. The standard InChI is InChI=1S/C13H22N4O4S.ClH/c1-3-21-12(18)10-8-15-17-11(10)22(19,20)16-9-13(2)4-6-14-7-5-13;/h8,14,16H,3-7,9H2,1-2H3,(H,15,17);1H. The number of hydrogen-bond acceptors (Lipinski definition) is 6. The molecule has 0 aromatic carbocycles. The van der Waals surface area contributed by atoms with Crippen LogP contribution in [0, 0.1) is 5.41 Å². The average molecular weight is 367 g/mol. The third-order valence-electron chi connectivity index (χ3n) is 3.87. The van der Waals surface area contributed by atoms with Crippen molar-refractivity contribution < 1.29 is 17.9 Å². The van der Waals surface area contributed by atoms with Gasteiger partial charge in [0.2, 0.25) is 0 Å². The van der Waals surface area contributed by atoms with Crippen LogP contribution >= 0.6 is 12.4 Å². The van der Waals surface area contributed by atoms with Crippen LogP contribution in [0.3, 0.4) is 0 Å². The topological polar surface area (TPSA) is 113 Å². The van der Waals surface area contributed by atoms with Gasteiger partial charge in [0, 0.05) is 6.54 Å². The van der Waals surface area contributed by atoms with Crippen molar-refractivity contribution in [2.45, 2.75) is 31.7 Å². The first-order chi connectivity index (χ1) is 10.4. The highest BCUT2D eigenvalue weighted by Crippen LogP contribution is 2.27. The molecule has 1 aromatic rings. The van der Waals surface area contributed by atoms with Crippen molar-refractivity contribution in [1.82, 2.24) is 20.2 Å². The third-order valence-corrected chi connectivity index (χ3v) is 5.24. The van der Waals surface area contributed by atoms with Gasteiger partial charge in [-0.15, -0.1) is 12.4 Å². The Morgan fingerprint density at radius 3 is 2.70 bits per heavy atom. The van der Waals surface area contributed by atoms with Crippen molar-refractivity contribution in [2.24, 2.45) is 5.41 Å². The van der Waals surface area contributed by atoms with E-state index in [4.69, 9.17) is 4.74 Å². The maximum Gasteiger partial charge on any atom is 0.342 e. The molecule has 0 aliphatic carbocycles. The summed E-state index contributed by atoms with van der Waals surface area (Å²) in [4.78, 5) is 11.8. The van der Waals surface area contributed by atoms with Crippen LogP contribution in [0.2, 0.25) is 0 Å². The van der Waals surface area contributed by atoms with Crippen LogP contribution < -0.4 is 10.0 Å². The Morgan fingerprint density at radius 2 is 2.09 bits per heavy atom. The summed E-state index contributed by atoms with van der Waals surface area (Å²) in [6.45, 7) is 5.94. The van der Waals surface area contributed by atoms with E-state index in [0.717, 1.165) is 25.9 Å². The van der Waals surface area contributed by atoms with Gasteiger partial charge < -0.3 is 10.1 Å². The predicted octanol–water partition coefficient (Wildman–Crippen LogP) is 0.676. The van der Waals surface area contributed by atoms with Crippen LogP contribution in [0.25, 0.3) is 0 Å². The van der Waals surface area contributed by atoms with Crippen LogP contribution in [0.5, 0.6) is 0 Å². The second-order valence-electron chi connectivity index (χ2n) is 5.72. The first-order valence-corrected chi connectivity index (χ1v) is 8.77. The van der Waals surface area contributed by atoms with Crippen LogP contribution in [-0.2, 0) is 14.8 Å². The average Bonchev–Trinajstić information content (AvgIpc) is 2.97. The molecule has 1 saturated heterocycles. The fourth-order valence-corrected chi connectivity index (χ4v) is 3.66. The van der Waals surface area contributed by atoms with Gasteiger partial charge in [-0.2, -0.15) is 5.10 Å². The Bertz CT molecular complexity index is 626. The number of esters is 1. The quantitative estimate of drug-likeness (QED) is 0.638. The Balaban J connectivity index is 0.00000264. The number of aromatic amines is 1. The first kappa shape index (κ1) is 19.9. The fourth-order valence-electron chi connectivity index (χ4n) is 2.38. The molecule has 10 heteroatoms. The van der Waals surface area contributed by atoms with Gasteiger partial charge in [-0.25, -0.2) is 17.9 Å². The molecule has 2 heterocycles. The van der Waals surface area contributed by atoms with Crippen LogP contribution in [-0.4, -0.2) is 50.8 Å². The van der Waals surface area contributed by atoms with Gasteiger partial charge in [0.05, 0.1) is 12.8 Å². The minimum Gasteiger partial charge on any atom is -0.462 e. The number of sulfonamides is 1. The molecule has 0 atom stereocenters. The van der Waals surface area contributed by atoms with Crippen molar-refractivity contribution in [3.05, 3.63) is 11.8 Å². The summed E-state index contributed by atoms with van der Waals surface area (Å²) >= 11 is 0. The van der Waals surface area contributed by atoms with Crippen molar-refractivity contribution >= 4 is 28.4 Å². The Kier molecular flexibility index (Phi) is 7.00. The molecule has 0 saturated carbocycles. The molecule has 3 N–H and O–H groups in total. The smallest absolute Gasteiger partial charge is 0.342 e. The van der Waals surface area contributed by atoms with Crippen molar-refractivity contribution in [1.29, 1.82) is 0 Å². The number of halogens is 1. The van der Waals surface area contributed by atoms with E-state index >= 15 is 0 Å². The van der Waals surface area contributed by atoms with E-state index in [2.05, 4.69) is 27.2 Å². The number of hydrogen-bond donors (Lipinski definition) is 3. The van der Waals surface area contributed by atoms with E-state index < -0.39 is 16.0 Å². The van der Waals surface area contributed by atoms with E-state index in [1.165, 1.54) is 6.20 Å². The molecule has 0 bridgehead atoms. The minimum atomic E-state index is -3.84. The lowest BCUT2D eigenvalue weighted by molar-refractivity contribution is 0.0522. The molecule has 132 valence electrons. The summed E-state index contributed by atoms with van der Waals surface area (Å²) < 4.78 is 32.2. The maximum absolute atomic E-state index is 12.4. The van der Waals surface area contributed by atoms with E-state index in [-0.39, 0.29) is 35.0 Å². The SMILES string of the molecule is CCOC(=O)c1cn[nH]c1S(=O)(=O)NCC1(C)CCNCC1.Cl. The maximum atomic E-state index is 12.4. The number of rotatable bonds is 6. The van der Waals surface area contributed by atoms with E-state index in [1.807, 2.05) is 0 Å². The van der Waals surface area contributed by atoms with Gasteiger partial charge in [0.1, 0.15) is 5.56 Å².